The Kier molecular flexibility index (Phi) is 4.61. The van der Waals surface area contributed by atoms with Crippen LogP contribution >= 0.6 is 7.37 Å². The summed E-state index contributed by atoms with van der Waals surface area (Å²) in [6, 6.07) is 0. The molecule has 1 aliphatic rings. The minimum Gasteiger partial charge on any atom is -0.409 e. The molecule has 0 spiro atoms. The summed E-state index contributed by atoms with van der Waals surface area (Å²) in [5.41, 5.74) is 5.21. The van der Waals surface area contributed by atoms with Crippen molar-refractivity contribution in [1.82, 2.24) is 0 Å². The Morgan fingerprint density at radius 3 is 2.53 bits per heavy atom. The molecule has 0 amide bonds. The zero-order valence-corrected chi connectivity index (χ0v) is 9.70. The molecule has 0 aromatic heterocycles. The van der Waals surface area contributed by atoms with Crippen LogP contribution in [-0.4, -0.2) is 27.8 Å². The van der Waals surface area contributed by atoms with Crippen molar-refractivity contribution < 1.29 is 14.7 Å². The summed E-state index contributed by atoms with van der Waals surface area (Å²) in [5.74, 6) is 0.0279. The fourth-order valence-corrected chi connectivity index (χ4v) is 4.08. The Balaban J connectivity index is 2.46. The second-order valence-electron chi connectivity index (χ2n) is 4.11. The highest BCUT2D eigenvalue weighted by Crippen LogP contribution is 2.52. The third-order valence-corrected chi connectivity index (χ3v) is 5.48. The molecular formula is C9H19N2O3P. The topological polar surface area (TPSA) is 95.9 Å². The van der Waals surface area contributed by atoms with Crippen LogP contribution in [0.15, 0.2) is 5.16 Å². The van der Waals surface area contributed by atoms with Gasteiger partial charge in [-0.1, -0.05) is 24.4 Å². The first-order chi connectivity index (χ1) is 7.06. The maximum atomic E-state index is 12.0. The van der Waals surface area contributed by atoms with Gasteiger partial charge in [0.15, 0.2) is 0 Å². The minimum atomic E-state index is -3.11. The van der Waals surface area contributed by atoms with E-state index in [1.54, 1.807) is 0 Å². The van der Waals surface area contributed by atoms with E-state index in [0.29, 0.717) is 0 Å². The fourth-order valence-electron chi connectivity index (χ4n) is 1.99. The van der Waals surface area contributed by atoms with Crippen molar-refractivity contribution in [3.8, 4) is 0 Å². The van der Waals surface area contributed by atoms with E-state index in [9.17, 15) is 9.46 Å². The first-order valence-corrected chi connectivity index (χ1v) is 7.25. The van der Waals surface area contributed by atoms with Gasteiger partial charge in [0, 0.05) is 18.2 Å². The molecule has 88 valence electrons. The average molecular weight is 234 g/mol. The highest BCUT2D eigenvalue weighted by atomic mass is 31.2. The maximum absolute atomic E-state index is 12.0. The minimum absolute atomic E-state index is 0.0279. The van der Waals surface area contributed by atoms with Crippen LogP contribution in [0.25, 0.3) is 0 Å². The first kappa shape index (κ1) is 12.5. The molecule has 0 aromatic rings. The Hall–Kier alpha value is -0.540. The first-order valence-electron chi connectivity index (χ1n) is 5.34. The van der Waals surface area contributed by atoms with Gasteiger partial charge in [-0.2, -0.15) is 0 Å². The highest BCUT2D eigenvalue weighted by molar-refractivity contribution is 7.58. The molecule has 15 heavy (non-hydrogen) atoms. The predicted molar refractivity (Wildman–Crippen MR) is 59.6 cm³/mol. The monoisotopic (exact) mass is 234 g/mol. The van der Waals surface area contributed by atoms with Crippen LogP contribution in [-0.2, 0) is 4.57 Å². The Labute approximate surface area is 89.8 Å². The molecule has 1 atom stereocenters. The molecule has 1 saturated carbocycles. The number of nitrogens with two attached hydrogens (primary N) is 1. The summed E-state index contributed by atoms with van der Waals surface area (Å²) in [6.07, 6.45) is 5.25. The van der Waals surface area contributed by atoms with Gasteiger partial charge >= 0.3 is 0 Å². The molecule has 4 N–H and O–H groups in total. The smallest absolute Gasteiger partial charge is 0.204 e. The van der Waals surface area contributed by atoms with Gasteiger partial charge in [-0.25, -0.2) is 0 Å². The van der Waals surface area contributed by atoms with Crippen molar-refractivity contribution in [3.63, 3.8) is 0 Å². The molecule has 0 saturated heterocycles. The SMILES string of the molecule is NC(CCP(=O)(O)C1CCCCC1)=NO. The number of hydrogen-bond acceptors (Lipinski definition) is 3. The molecule has 1 rings (SSSR count). The molecule has 1 aliphatic carbocycles. The van der Waals surface area contributed by atoms with Crippen LogP contribution in [0.4, 0.5) is 0 Å². The third-order valence-electron chi connectivity index (χ3n) is 2.96. The summed E-state index contributed by atoms with van der Waals surface area (Å²) in [6.45, 7) is 0. The van der Waals surface area contributed by atoms with E-state index in [1.807, 2.05) is 0 Å². The van der Waals surface area contributed by atoms with Crippen LogP contribution in [0.3, 0.4) is 0 Å². The standard InChI is InChI=1S/C9H19N2O3P/c10-9(11-12)6-7-15(13,14)8-4-2-1-3-5-8/h8,12H,1-7H2,(H2,10,11)(H,13,14). The average Bonchev–Trinajstić information content (AvgIpc) is 2.27. The number of amidine groups is 1. The molecular weight excluding hydrogens is 215 g/mol. The van der Waals surface area contributed by atoms with Crippen molar-refractivity contribution in [2.45, 2.75) is 44.2 Å². The highest BCUT2D eigenvalue weighted by Gasteiger charge is 2.31. The van der Waals surface area contributed by atoms with Crippen LogP contribution in [0.1, 0.15) is 38.5 Å². The van der Waals surface area contributed by atoms with E-state index >= 15 is 0 Å². The Bertz CT molecular complexity index is 275. The lowest BCUT2D eigenvalue weighted by molar-refractivity contribution is 0.317. The Morgan fingerprint density at radius 1 is 1.40 bits per heavy atom. The zero-order chi connectivity index (χ0) is 11.3. The van der Waals surface area contributed by atoms with Gasteiger partial charge in [-0.3, -0.25) is 4.57 Å². The van der Waals surface area contributed by atoms with E-state index in [1.165, 1.54) is 0 Å². The largest absolute Gasteiger partial charge is 0.409 e. The van der Waals surface area contributed by atoms with E-state index in [2.05, 4.69) is 5.16 Å². The maximum Gasteiger partial charge on any atom is 0.204 e. The number of rotatable bonds is 4. The van der Waals surface area contributed by atoms with Crippen LogP contribution in [0, 0.1) is 0 Å². The van der Waals surface area contributed by atoms with Gasteiger partial charge in [-0.15, -0.1) is 0 Å². The molecule has 0 radical (unpaired) electrons. The lowest BCUT2D eigenvalue weighted by Gasteiger charge is -2.26. The normalized spacial score (nSPS) is 23.7. The molecule has 1 unspecified atom stereocenters. The molecule has 6 heteroatoms. The van der Waals surface area contributed by atoms with E-state index < -0.39 is 7.37 Å². The third kappa shape index (κ3) is 3.84. The van der Waals surface area contributed by atoms with Crippen LogP contribution in [0.2, 0.25) is 0 Å². The number of nitrogens with zero attached hydrogens (tertiary/aromatic N) is 1. The summed E-state index contributed by atoms with van der Waals surface area (Å²) >= 11 is 0. The lowest BCUT2D eigenvalue weighted by atomic mass is 10.0. The van der Waals surface area contributed by atoms with Crippen molar-refractivity contribution in [1.29, 1.82) is 0 Å². The lowest BCUT2D eigenvalue weighted by Crippen LogP contribution is -2.18. The van der Waals surface area contributed by atoms with Gasteiger partial charge < -0.3 is 15.8 Å². The van der Waals surface area contributed by atoms with Crippen LogP contribution in [0.5, 0.6) is 0 Å². The van der Waals surface area contributed by atoms with Crippen LogP contribution < -0.4 is 5.73 Å². The molecule has 0 aliphatic heterocycles. The van der Waals surface area contributed by atoms with E-state index in [4.69, 9.17) is 10.9 Å². The number of oxime groups is 1. The molecule has 5 nitrogen and oxygen atoms in total. The summed E-state index contributed by atoms with van der Waals surface area (Å²) in [5, 5.41) is 11.1. The number of hydrogen-bond donors (Lipinski definition) is 3. The van der Waals surface area contributed by atoms with Crippen molar-refractivity contribution in [2.24, 2.45) is 10.9 Å². The summed E-state index contributed by atoms with van der Waals surface area (Å²) in [7, 11) is -3.11. The fraction of sp³-hybridized carbons (Fsp3) is 0.889. The van der Waals surface area contributed by atoms with Crippen molar-refractivity contribution >= 4 is 13.2 Å². The second-order valence-corrected chi connectivity index (χ2v) is 6.80. The second kappa shape index (κ2) is 5.52. The predicted octanol–water partition coefficient (Wildman–Crippen LogP) is 1.73. The van der Waals surface area contributed by atoms with Crippen molar-refractivity contribution in [3.05, 3.63) is 0 Å². The molecule has 1 fully saturated rings. The van der Waals surface area contributed by atoms with E-state index in [0.717, 1.165) is 32.1 Å². The van der Waals surface area contributed by atoms with Gasteiger partial charge in [0.2, 0.25) is 7.37 Å². The van der Waals surface area contributed by atoms with Crippen molar-refractivity contribution in [2.75, 3.05) is 6.16 Å². The molecule has 0 aromatic carbocycles. The van der Waals surface area contributed by atoms with Gasteiger partial charge in [-0.05, 0) is 12.8 Å². The molecule has 0 heterocycles. The quantitative estimate of drug-likeness (QED) is 0.227. The summed E-state index contributed by atoms with van der Waals surface area (Å²) in [4.78, 5) is 9.85. The molecule has 0 bridgehead atoms. The summed E-state index contributed by atoms with van der Waals surface area (Å²) < 4.78 is 12.0. The zero-order valence-electron chi connectivity index (χ0n) is 8.80. The van der Waals surface area contributed by atoms with E-state index in [-0.39, 0.29) is 24.1 Å². The van der Waals surface area contributed by atoms with Gasteiger partial charge in [0.25, 0.3) is 0 Å². The Morgan fingerprint density at radius 2 is 2.00 bits per heavy atom. The van der Waals surface area contributed by atoms with Gasteiger partial charge in [0.05, 0.1) is 0 Å². The van der Waals surface area contributed by atoms with Gasteiger partial charge in [0.1, 0.15) is 5.84 Å².